The highest BCUT2D eigenvalue weighted by Crippen LogP contribution is 2.58. The molecule has 0 radical (unpaired) electrons. The monoisotopic (exact) mass is 352 g/mol. The lowest BCUT2D eigenvalue weighted by atomic mass is 9.52. The lowest BCUT2D eigenvalue weighted by molar-refractivity contribution is -0.164. The largest absolute Gasteiger partial charge is 0.481 e. The van der Waals surface area contributed by atoms with E-state index in [0.29, 0.717) is 0 Å². The van der Waals surface area contributed by atoms with Crippen LogP contribution in [0.15, 0.2) is 36.4 Å². The van der Waals surface area contributed by atoms with E-state index in [0.717, 1.165) is 33.4 Å². The van der Waals surface area contributed by atoms with Crippen molar-refractivity contribution in [1.29, 1.82) is 0 Å². The highest BCUT2D eigenvalue weighted by molar-refractivity contribution is 5.85. The minimum atomic E-state index is -1.04. The van der Waals surface area contributed by atoms with Crippen molar-refractivity contribution in [3.05, 3.63) is 69.8 Å². The van der Waals surface area contributed by atoms with E-state index in [1.807, 2.05) is 64.1 Å². The molecule has 3 rings (SSSR count). The fraction of sp³-hybridized carbons (Fsp3) is 0.364. The molecular formula is C22H24O4. The van der Waals surface area contributed by atoms with Gasteiger partial charge in [-0.3, -0.25) is 9.59 Å². The highest BCUT2D eigenvalue weighted by atomic mass is 16.4. The summed E-state index contributed by atoms with van der Waals surface area (Å²) in [7, 11) is 0. The molecule has 2 aromatic rings. The van der Waals surface area contributed by atoms with Gasteiger partial charge in [0, 0.05) is 11.8 Å². The van der Waals surface area contributed by atoms with E-state index in [1.54, 1.807) is 0 Å². The lowest BCUT2D eigenvalue weighted by Crippen LogP contribution is -2.51. The average molecular weight is 352 g/mol. The molecule has 26 heavy (non-hydrogen) atoms. The van der Waals surface area contributed by atoms with Gasteiger partial charge in [-0.1, -0.05) is 36.4 Å². The highest BCUT2D eigenvalue weighted by Gasteiger charge is 2.58. The molecule has 1 fully saturated rings. The first-order valence-corrected chi connectivity index (χ1v) is 8.82. The standard InChI is InChI=1S/C22H24O4/c1-11-5-7-15(9-13(11)3)17-18(16-8-6-12(2)14(4)10-16)20(22(25)26)19(17)21(23)24/h5-10,17-20H,1-4H3,(H,23,24)(H,25,26)/t17-,18+,19+,20-. The minimum absolute atomic E-state index is 0.338. The molecule has 0 bridgehead atoms. The van der Waals surface area contributed by atoms with Gasteiger partial charge in [0.15, 0.2) is 0 Å². The van der Waals surface area contributed by atoms with Crippen LogP contribution in [0.5, 0.6) is 0 Å². The molecule has 1 aliphatic carbocycles. The zero-order valence-corrected chi connectivity index (χ0v) is 15.5. The van der Waals surface area contributed by atoms with E-state index in [-0.39, 0.29) is 11.8 Å². The van der Waals surface area contributed by atoms with E-state index < -0.39 is 23.8 Å². The number of aryl methyl sites for hydroxylation is 4. The maximum absolute atomic E-state index is 11.9. The Morgan fingerprint density at radius 2 is 1.00 bits per heavy atom. The number of aliphatic carboxylic acids is 2. The fourth-order valence-corrected chi connectivity index (χ4v) is 4.14. The molecule has 0 saturated heterocycles. The van der Waals surface area contributed by atoms with Crippen molar-refractivity contribution in [3.63, 3.8) is 0 Å². The summed E-state index contributed by atoms with van der Waals surface area (Å²) in [4.78, 5) is 23.7. The first kappa shape index (κ1) is 18.2. The normalized spacial score (nSPS) is 24.8. The predicted octanol–water partition coefficient (Wildman–Crippen LogP) is 4.20. The Kier molecular flexibility index (Phi) is 4.61. The van der Waals surface area contributed by atoms with Crippen molar-refractivity contribution in [2.45, 2.75) is 39.5 Å². The number of hydrogen-bond donors (Lipinski definition) is 2. The summed E-state index contributed by atoms with van der Waals surface area (Å²) in [5.41, 5.74) is 6.26. The third-order valence-corrected chi connectivity index (χ3v) is 5.95. The summed E-state index contributed by atoms with van der Waals surface area (Å²) in [5, 5.41) is 19.4. The molecule has 0 aliphatic heterocycles. The topological polar surface area (TPSA) is 74.6 Å². The van der Waals surface area contributed by atoms with Gasteiger partial charge in [0.2, 0.25) is 0 Å². The number of carboxylic acid groups (broad SMARTS) is 2. The summed E-state index contributed by atoms with van der Waals surface area (Å²) in [6.07, 6.45) is 0. The van der Waals surface area contributed by atoms with Gasteiger partial charge in [-0.15, -0.1) is 0 Å². The lowest BCUT2D eigenvalue weighted by Gasteiger charge is -2.48. The van der Waals surface area contributed by atoms with Crippen molar-refractivity contribution >= 4 is 11.9 Å². The fourth-order valence-electron chi connectivity index (χ4n) is 4.14. The number of carbonyl (C=O) groups is 2. The molecule has 4 heteroatoms. The quantitative estimate of drug-likeness (QED) is 0.865. The van der Waals surface area contributed by atoms with Crippen LogP contribution in [0.2, 0.25) is 0 Å². The summed E-state index contributed by atoms with van der Waals surface area (Å²) < 4.78 is 0. The van der Waals surface area contributed by atoms with Crippen molar-refractivity contribution in [2.24, 2.45) is 11.8 Å². The molecule has 0 amide bonds. The van der Waals surface area contributed by atoms with Crippen LogP contribution < -0.4 is 0 Å². The van der Waals surface area contributed by atoms with Gasteiger partial charge in [0.05, 0.1) is 11.8 Å². The maximum Gasteiger partial charge on any atom is 0.308 e. The Labute approximate surface area is 153 Å². The second-order valence-electron chi connectivity index (χ2n) is 7.47. The van der Waals surface area contributed by atoms with E-state index in [2.05, 4.69) is 0 Å². The number of rotatable bonds is 4. The van der Waals surface area contributed by atoms with Crippen LogP contribution in [0.3, 0.4) is 0 Å². The van der Waals surface area contributed by atoms with Gasteiger partial charge < -0.3 is 10.2 Å². The van der Waals surface area contributed by atoms with E-state index >= 15 is 0 Å². The minimum Gasteiger partial charge on any atom is -0.481 e. The first-order valence-electron chi connectivity index (χ1n) is 8.82. The molecule has 136 valence electrons. The molecule has 1 aliphatic rings. The number of carboxylic acids is 2. The van der Waals surface area contributed by atoms with Crippen LogP contribution >= 0.6 is 0 Å². The van der Waals surface area contributed by atoms with E-state index in [1.165, 1.54) is 0 Å². The predicted molar refractivity (Wildman–Crippen MR) is 99.6 cm³/mol. The van der Waals surface area contributed by atoms with Crippen LogP contribution in [0.25, 0.3) is 0 Å². The first-order chi connectivity index (χ1) is 12.2. The molecule has 4 nitrogen and oxygen atoms in total. The van der Waals surface area contributed by atoms with Crippen LogP contribution in [0.1, 0.15) is 45.2 Å². The van der Waals surface area contributed by atoms with Gasteiger partial charge in [0.1, 0.15) is 0 Å². The molecule has 2 N–H and O–H groups in total. The van der Waals surface area contributed by atoms with Crippen LogP contribution in [-0.2, 0) is 9.59 Å². The van der Waals surface area contributed by atoms with Crippen molar-refractivity contribution < 1.29 is 19.8 Å². The van der Waals surface area contributed by atoms with E-state index in [4.69, 9.17) is 0 Å². The molecular weight excluding hydrogens is 328 g/mol. The zero-order valence-electron chi connectivity index (χ0n) is 15.5. The van der Waals surface area contributed by atoms with Crippen LogP contribution in [0, 0.1) is 39.5 Å². The van der Waals surface area contributed by atoms with E-state index in [9.17, 15) is 19.8 Å². The molecule has 0 heterocycles. The van der Waals surface area contributed by atoms with Crippen molar-refractivity contribution in [1.82, 2.24) is 0 Å². The Balaban J connectivity index is 2.12. The molecule has 0 aromatic heterocycles. The Morgan fingerprint density at radius 1 is 0.654 bits per heavy atom. The van der Waals surface area contributed by atoms with Crippen molar-refractivity contribution in [3.8, 4) is 0 Å². The smallest absolute Gasteiger partial charge is 0.308 e. The number of hydrogen-bond acceptors (Lipinski definition) is 2. The Bertz CT molecular complexity index is 810. The van der Waals surface area contributed by atoms with Crippen molar-refractivity contribution in [2.75, 3.05) is 0 Å². The average Bonchev–Trinajstić information content (AvgIpc) is 2.52. The van der Waals surface area contributed by atoms with Gasteiger partial charge in [-0.25, -0.2) is 0 Å². The summed E-state index contributed by atoms with van der Waals surface area (Å²) in [6.45, 7) is 8.00. The van der Waals surface area contributed by atoms with Gasteiger partial charge in [-0.2, -0.15) is 0 Å². The molecule has 4 atom stereocenters. The summed E-state index contributed by atoms with van der Waals surface area (Å²) in [6, 6.07) is 11.8. The van der Waals surface area contributed by atoms with Gasteiger partial charge in [0.25, 0.3) is 0 Å². The second-order valence-corrected chi connectivity index (χ2v) is 7.47. The third kappa shape index (κ3) is 2.90. The summed E-state index contributed by atoms with van der Waals surface area (Å²) in [5.74, 6) is -4.59. The van der Waals surface area contributed by atoms with Gasteiger partial charge >= 0.3 is 11.9 Å². The van der Waals surface area contributed by atoms with Gasteiger partial charge in [-0.05, 0) is 61.1 Å². The van der Waals surface area contributed by atoms with Crippen LogP contribution in [-0.4, -0.2) is 22.2 Å². The SMILES string of the molecule is Cc1ccc([C@@H]2[C@@H](C(=O)O)[C@@H](C(=O)O)[C@@H]2c2ccc(C)c(C)c2)cc1C. The Morgan fingerprint density at radius 3 is 1.27 bits per heavy atom. The summed E-state index contributed by atoms with van der Waals surface area (Å²) >= 11 is 0. The molecule has 0 unspecified atom stereocenters. The Hall–Kier alpha value is -2.62. The molecule has 2 aromatic carbocycles. The second kappa shape index (κ2) is 6.60. The molecule has 0 spiro atoms. The maximum atomic E-state index is 11.9. The molecule has 1 saturated carbocycles. The number of benzene rings is 2. The van der Waals surface area contributed by atoms with Crippen LogP contribution in [0.4, 0.5) is 0 Å². The third-order valence-electron chi connectivity index (χ3n) is 5.95. The zero-order chi connectivity index (χ0) is 19.2.